The van der Waals surface area contributed by atoms with E-state index in [1.807, 2.05) is 19.1 Å². The van der Waals surface area contributed by atoms with E-state index in [4.69, 9.17) is 9.15 Å². The first-order valence-corrected chi connectivity index (χ1v) is 8.05. The zero-order valence-corrected chi connectivity index (χ0v) is 14.3. The van der Waals surface area contributed by atoms with Gasteiger partial charge in [0.25, 0.3) is 5.91 Å². The van der Waals surface area contributed by atoms with Crippen LogP contribution in [0.1, 0.15) is 22.8 Å². The summed E-state index contributed by atoms with van der Waals surface area (Å²) in [5, 5.41) is 3.25. The SMILES string of the molecule is Cc1ccc(NC(=O)[C@@H](C)OC(=O)c2cc3ccccc3oc2=O)cc1. The lowest BCUT2D eigenvalue weighted by Crippen LogP contribution is -2.31. The Hall–Kier alpha value is -3.41. The van der Waals surface area contributed by atoms with Crippen molar-refractivity contribution in [2.24, 2.45) is 0 Å². The van der Waals surface area contributed by atoms with Gasteiger partial charge in [-0.1, -0.05) is 35.9 Å². The number of hydrogen-bond donors (Lipinski definition) is 1. The number of fused-ring (bicyclic) bond motifs is 1. The first-order chi connectivity index (χ1) is 12.4. The number of rotatable bonds is 4. The molecular weight excluding hydrogens is 334 g/mol. The number of esters is 1. The second-order valence-corrected chi connectivity index (χ2v) is 5.89. The summed E-state index contributed by atoms with van der Waals surface area (Å²) in [7, 11) is 0. The summed E-state index contributed by atoms with van der Waals surface area (Å²) in [6.45, 7) is 3.37. The minimum Gasteiger partial charge on any atom is -0.449 e. The summed E-state index contributed by atoms with van der Waals surface area (Å²) in [5.74, 6) is -1.40. The molecule has 0 saturated carbocycles. The predicted octanol–water partition coefficient (Wildman–Crippen LogP) is 3.29. The minimum absolute atomic E-state index is 0.251. The number of nitrogens with one attached hydrogen (secondary N) is 1. The number of aryl methyl sites for hydroxylation is 1. The van der Waals surface area contributed by atoms with E-state index in [0.29, 0.717) is 16.7 Å². The average molecular weight is 351 g/mol. The highest BCUT2D eigenvalue weighted by Gasteiger charge is 2.22. The molecule has 6 nitrogen and oxygen atoms in total. The number of ether oxygens (including phenoxy) is 1. The summed E-state index contributed by atoms with van der Waals surface area (Å²) >= 11 is 0. The maximum absolute atomic E-state index is 12.3. The van der Waals surface area contributed by atoms with E-state index in [9.17, 15) is 14.4 Å². The van der Waals surface area contributed by atoms with Gasteiger partial charge in [-0.25, -0.2) is 9.59 Å². The molecule has 0 spiro atoms. The zero-order chi connectivity index (χ0) is 18.7. The van der Waals surface area contributed by atoms with Gasteiger partial charge in [0, 0.05) is 11.1 Å². The van der Waals surface area contributed by atoms with Crippen molar-refractivity contribution in [3.05, 3.63) is 76.1 Å². The Bertz CT molecular complexity index is 1020. The van der Waals surface area contributed by atoms with Crippen LogP contribution in [-0.4, -0.2) is 18.0 Å². The molecule has 1 amide bonds. The Balaban J connectivity index is 1.72. The Kier molecular flexibility index (Phi) is 4.84. The average Bonchev–Trinajstić information content (AvgIpc) is 2.62. The molecule has 0 bridgehead atoms. The van der Waals surface area contributed by atoms with Crippen molar-refractivity contribution in [1.82, 2.24) is 0 Å². The van der Waals surface area contributed by atoms with E-state index in [-0.39, 0.29) is 5.56 Å². The van der Waals surface area contributed by atoms with Crippen molar-refractivity contribution in [2.75, 3.05) is 5.32 Å². The van der Waals surface area contributed by atoms with Crippen LogP contribution in [0.15, 0.2) is 63.8 Å². The molecule has 1 aromatic heterocycles. The molecule has 3 rings (SSSR count). The van der Waals surface area contributed by atoms with Crippen LogP contribution in [0, 0.1) is 6.92 Å². The number of amides is 1. The van der Waals surface area contributed by atoms with Gasteiger partial charge >= 0.3 is 11.6 Å². The first kappa shape index (κ1) is 17.4. The monoisotopic (exact) mass is 351 g/mol. The molecule has 1 heterocycles. The molecule has 132 valence electrons. The van der Waals surface area contributed by atoms with Crippen LogP contribution in [0.5, 0.6) is 0 Å². The van der Waals surface area contributed by atoms with Gasteiger partial charge in [-0.2, -0.15) is 0 Å². The molecular formula is C20H17NO5. The third kappa shape index (κ3) is 3.80. The molecule has 1 N–H and O–H groups in total. The molecule has 6 heteroatoms. The van der Waals surface area contributed by atoms with Crippen LogP contribution in [0.4, 0.5) is 5.69 Å². The fraction of sp³-hybridized carbons (Fsp3) is 0.150. The number of hydrogen-bond acceptors (Lipinski definition) is 5. The summed E-state index contributed by atoms with van der Waals surface area (Å²) in [6.07, 6.45) is -1.07. The minimum atomic E-state index is -1.07. The van der Waals surface area contributed by atoms with Crippen LogP contribution in [-0.2, 0) is 9.53 Å². The van der Waals surface area contributed by atoms with E-state index < -0.39 is 23.6 Å². The molecule has 0 aliphatic rings. The van der Waals surface area contributed by atoms with Gasteiger partial charge in [-0.3, -0.25) is 4.79 Å². The van der Waals surface area contributed by atoms with Gasteiger partial charge in [0.05, 0.1) is 0 Å². The van der Waals surface area contributed by atoms with Gasteiger partial charge in [0.15, 0.2) is 6.10 Å². The van der Waals surface area contributed by atoms with Gasteiger partial charge in [-0.05, 0) is 38.1 Å². The van der Waals surface area contributed by atoms with E-state index >= 15 is 0 Å². The number of carbonyl (C=O) groups is 2. The summed E-state index contributed by atoms with van der Waals surface area (Å²) in [4.78, 5) is 36.4. The molecule has 0 unspecified atom stereocenters. The van der Waals surface area contributed by atoms with Crippen LogP contribution in [0.3, 0.4) is 0 Å². The Morgan fingerprint density at radius 2 is 1.77 bits per heavy atom. The third-order valence-corrected chi connectivity index (χ3v) is 3.83. The van der Waals surface area contributed by atoms with Crippen molar-refractivity contribution >= 4 is 28.5 Å². The summed E-state index contributed by atoms with van der Waals surface area (Å²) in [5.41, 5.74) is 0.969. The van der Waals surface area contributed by atoms with E-state index in [1.54, 1.807) is 36.4 Å². The first-order valence-electron chi connectivity index (χ1n) is 8.05. The van der Waals surface area contributed by atoms with Crippen LogP contribution in [0.25, 0.3) is 11.0 Å². The maximum atomic E-state index is 12.3. The van der Waals surface area contributed by atoms with Gasteiger partial charge in [0.1, 0.15) is 11.1 Å². The quantitative estimate of drug-likeness (QED) is 0.576. The largest absolute Gasteiger partial charge is 0.449 e. The molecule has 1 atom stereocenters. The molecule has 0 aliphatic heterocycles. The lowest BCUT2D eigenvalue weighted by molar-refractivity contribution is -0.123. The van der Waals surface area contributed by atoms with Crippen molar-refractivity contribution < 1.29 is 18.7 Å². The molecule has 2 aromatic carbocycles. The van der Waals surface area contributed by atoms with E-state index in [1.165, 1.54) is 13.0 Å². The molecule has 0 saturated heterocycles. The van der Waals surface area contributed by atoms with Crippen molar-refractivity contribution in [3.8, 4) is 0 Å². The van der Waals surface area contributed by atoms with Crippen molar-refractivity contribution in [1.29, 1.82) is 0 Å². The fourth-order valence-electron chi connectivity index (χ4n) is 2.36. The van der Waals surface area contributed by atoms with Crippen molar-refractivity contribution in [3.63, 3.8) is 0 Å². The zero-order valence-electron chi connectivity index (χ0n) is 14.3. The fourth-order valence-corrected chi connectivity index (χ4v) is 2.36. The molecule has 26 heavy (non-hydrogen) atoms. The lowest BCUT2D eigenvalue weighted by atomic mass is 10.2. The second kappa shape index (κ2) is 7.23. The van der Waals surface area contributed by atoms with Gasteiger partial charge in [-0.15, -0.1) is 0 Å². The van der Waals surface area contributed by atoms with Crippen molar-refractivity contribution in [2.45, 2.75) is 20.0 Å². The number of para-hydroxylation sites is 1. The van der Waals surface area contributed by atoms with Gasteiger partial charge in [0.2, 0.25) is 0 Å². The number of carbonyl (C=O) groups excluding carboxylic acids is 2. The van der Waals surface area contributed by atoms with Crippen LogP contribution < -0.4 is 10.9 Å². The highest BCUT2D eigenvalue weighted by Crippen LogP contribution is 2.14. The van der Waals surface area contributed by atoms with Crippen LogP contribution in [0.2, 0.25) is 0 Å². The van der Waals surface area contributed by atoms with Crippen LogP contribution >= 0.6 is 0 Å². The summed E-state index contributed by atoms with van der Waals surface area (Å²) < 4.78 is 10.2. The highest BCUT2D eigenvalue weighted by molar-refractivity contribution is 5.98. The normalized spacial score (nSPS) is 11.8. The number of benzene rings is 2. The topological polar surface area (TPSA) is 85.6 Å². The van der Waals surface area contributed by atoms with Gasteiger partial charge < -0.3 is 14.5 Å². The second-order valence-electron chi connectivity index (χ2n) is 5.89. The third-order valence-electron chi connectivity index (χ3n) is 3.83. The maximum Gasteiger partial charge on any atom is 0.351 e. The predicted molar refractivity (Wildman–Crippen MR) is 97.2 cm³/mol. The Labute approximate surface area is 149 Å². The molecule has 3 aromatic rings. The molecule has 0 aliphatic carbocycles. The molecule has 0 radical (unpaired) electrons. The van der Waals surface area contributed by atoms with E-state index in [2.05, 4.69) is 5.32 Å². The summed E-state index contributed by atoms with van der Waals surface area (Å²) in [6, 6.07) is 15.4. The number of anilines is 1. The Morgan fingerprint density at radius 3 is 2.50 bits per heavy atom. The molecule has 0 fully saturated rings. The Morgan fingerprint density at radius 1 is 1.08 bits per heavy atom. The lowest BCUT2D eigenvalue weighted by Gasteiger charge is -2.13. The standard InChI is InChI=1S/C20H17NO5/c1-12-7-9-15(10-8-12)21-18(22)13(2)25-19(23)16-11-14-5-3-4-6-17(14)26-20(16)24/h3-11,13H,1-2H3,(H,21,22)/t13-/m1/s1. The smallest absolute Gasteiger partial charge is 0.351 e. The highest BCUT2D eigenvalue weighted by atomic mass is 16.5. The van der Waals surface area contributed by atoms with E-state index in [0.717, 1.165) is 5.56 Å².